The lowest BCUT2D eigenvalue weighted by Gasteiger charge is -2.27. The van der Waals surface area contributed by atoms with Crippen molar-refractivity contribution in [3.63, 3.8) is 0 Å². The van der Waals surface area contributed by atoms with Crippen LogP contribution >= 0.6 is 11.6 Å². The van der Waals surface area contributed by atoms with Crippen LogP contribution < -0.4 is 10.6 Å². The summed E-state index contributed by atoms with van der Waals surface area (Å²) in [5.74, 6) is -1.18. The van der Waals surface area contributed by atoms with Crippen molar-refractivity contribution in [3.8, 4) is 0 Å². The minimum absolute atomic E-state index is 0.113. The maximum atomic E-state index is 13.5. The van der Waals surface area contributed by atoms with Gasteiger partial charge in [-0.1, -0.05) is 23.7 Å². The number of amides is 2. The predicted molar refractivity (Wildman–Crippen MR) is 119 cm³/mol. The summed E-state index contributed by atoms with van der Waals surface area (Å²) in [7, 11) is 4.43. The average Bonchev–Trinajstić information content (AvgIpc) is 3.00. The Morgan fingerprint density at radius 1 is 0.906 bits per heavy atom. The van der Waals surface area contributed by atoms with Crippen LogP contribution in [0.3, 0.4) is 0 Å². The summed E-state index contributed by atoms with van der Waals surface area (Å²) in [5.41, 5.74) is 1.55. The topological polar surface area (TPSA) is 93.6 Å². The summed E-state index contributed by atoms with van der Waals surface area (Å²) >= 11 is 6.49. The molecule has 4 aromatic rings. The van der Waals surface area contributed by atoms with Gasteiger partial charge in [0.1, 0.15) is 0 Å². The third kappa shape index (κ3) is 2.54. The van der Waals surface area contributed by atoms with Crippen LogP contribution in [0, 0.1) is 4.91 Å². The number of rotatable bonds is 3. The molecular weight excluding hydrogens is 436 g/mol. The quantitative estimate of drug-likeness (QED) is 0.351. The first-order chi connectivity index (χ1) is 15.2. The van der Waals surface area contributed by atoms with Gasteiger partial charge in [0.25, 0.3) is 16.7 Å². The normalized spacial score (nSPS) is 13.3. The second-order valence-electron chi connectivity index (χ2n) is 7.48. The number of carbonyl (C=O) groups is 2. The molecule has 0 spiro atoms. The Labute approximate surface area is 185 Å². The zero-order valence-corrected chi connectivity index (χ0v) is 18.0. The zero-order chi connectivity index (χ0) is 22.9. The summed E-state index contributed by atoms with van der Waals surface area (Å²) in [6.07, 6.45) is 0. The largest absolute Gasteiger partial charge is 0.328 e. The Bertz CT molecular complexity index is 1580. The molecule has 0 fully saturated rings. The van der Waals surface area contributed by atoms with Crippen molar-refractivity contribution in [1.29, 1.82) is 0 Å². The second kappa shape index (κ2) is 6.76. The van der Waals surface area contributed by atoms with Gasteiger partial charge in [-0.15, -0.1) is 0 Å². The number of hydrogen-bond donors (Lipinski definition) is 0. The molecule has 0 saturated heterocycles. The Kier molecular flexibility index (Phi) is 4.22. The highest BCUT2D eigenvalue weighted by molar-refractivity contribution is 6.40. The monoisotopic (exact) mass is 451 g/mol. The maximum Gasteiger partial charge on any atom is 0.328 e. The second-order valence-corrected chi connectivity index (χ2v) is 7.88. The number of nitrogens with zero attached hydrogens (tertiary/aromatic N) is 4. The molecule has 1 aliphatic rings. The molecule has 2 heterocycles. The molecule has 1 aliphatic heterocycles. The van der Waals surface area contributed by atoms with Crippen molar-refractivity contribution >= 4 is 56.6 Å². The van der Waals surface area contributed by atoms with Crippen molar-refractivity contribution in [2.24, 2.45) is 14.1 Å². The molecule has 2 amide bonds. The summed E-state index contributed by atoms with van der Waals surface area (Å²) in [6.45, 7) is 0. The van der Waals surface area contributed by atoms with E-state index in [1.165, 1.54) is 22.3 Å². The minimum atomic E-state index is -0.632. The number of benzene rings is 3. The number of hydrogen-bond acceptors (Lipinski definition) is 5. The van der Waals surface area contributed by atoms with Gasteiger partial charge in [-0.2, -0.15) is 0 Å². The Hall–Kier alpha value is -3.98. The smallest absolute Gasteiger partial charge is 0.295 e. The van der Waals surface area contributed by atoms with Crippen molar-refractivity contribution in [3.05, 3.63) is 74.0 Å². The molecule has 32 heavy (non-hydrogen) atoms. The number of fused-ring (bicyclic) bond motifs is 1. The summed E-state index contributed by atoms with van der Waals surface area (Å²) < 4.78 is 2.84. The van der Waals surface area contributed by atoms with Gasteiger partial charge in [0, 0.05) is 37.2 Å². The molecular formula is C22H16ClN4O5+. The minimum Gasteiger partial charge on any atom is -0.295 e. The van der Waals surface area contributed by atoms with Crippen LogP contribution in [-0.2, 0) is 18.9 Å². The maximum absolute atomic E-state index is 13.5. The van der Waals surface area contributed by atoms with E-state index in [9.17, 15) is 19.3 Å². The number of carbonyl (C=O) groups excluding carboxylic acids is 2. The van der Waals surface area contributed by atoms with E-state index in [0.717, 1.165) is 4.90 Å². The number of anilines is 1. The average molecular weight is 452 g/mol. The van der Waals surface area contributed by atoms with Crippen LogP contribution in [0.2, 0.25) is 5.02 Å². The van der Waals surface area contributed by atoms with Crippen molar-refractivity contribution in [2.75, 3.05) is 12.0 Å². The van der Waals surface area contributed by atoms with Crippen molar-refractivity contribution in [1.82, 2.24) is 9.13 Å². The van der Waals surface area contributed by atoms with E-state index in [4.69, 9.17) is 16.4 Å². The molecule has 3 aromatic carbocycles. The molecule has 0 radical (unpaired) electrons. The lowest BCUT2D eigenvalue weighted by atomic mass is 9.93. The van der Waals surface area contributed by atoms with E-state index in [2.05, 4.69) is 0 Å². The SMILES string of the molecule is CO[N+](=O)c1cc2c3c(cccc3c1)C(=O)N(c1cc3c(cc1Cl)n(C)c(=O)n3C)C2=O. The fraction of sp³-hybridized carbons (Fsp3) is 0.136. The standard InChI is InChI=1S/C22H16ClN4O5/c1-24-17-9-15(23)16(10-18(17)25(2)22(24)30)26-20(28)13-6-4-5-11-7-12(27(31)32-3)8-14(19(11)13)21(26)29/h4-10H,1-3H3/q+1. The van der Waals surface area contributed by atoms with Gasteiger partial charge in [0.15, 0.2) is 7.11 Å². The van der Waals surface area contributed by atoms with Gasteiger partial charge in [-0.05, 0) is 23.6 Å². The van der Waals surface area contributed by atoms with Crippen LogP contribution in [0.4, 0.5) is 11.4 Å². The molecule has 0 saturated carbocycles. The molecule has 0 aliphatic carbocycles. The van der Waals surface area contributed by atoms with E-state index in [1.807, 2.05) is 0 Å². The first kappa shape index (κ1) is 20.0. The van der Waals surface area contributed by atoms with Gasteiger partial charge in [0.2, 0.25) is 0 Å². The molecule has 0 bridgehead atoms. The molecule has 0 N–H and O–H groups in total. The molecule has 9 nitrogen and oxygen atoms in total. The number of aromatic nitrogens is 2. The number of imide groups is 1. The lowest BCUT2D eigenvalue weighted by Crippen LogP contribution is -2.40. The van der Waals surface area contributed by atoms with Gasteiger partial charge < -0.3 is 0 Å². The third-order valence-electron chi connectivity index (χ3n) is 5.79. The van der Waals surface area contributed by atoms with Crippen LogP contribution in [0.15, 0.2) is 47.3 Å². The molecule has 0 atom stereocenters. The lowest BCUT2D eigenvalue weighted by molar-refractivity contribution is -0.736. The van der Waals surface area contributed by atoms with Gasteiger partial charge in [0.05, 0.1) is 32.2 Å². The Morgan fingerprint density at radius 3 is 2.25 bits per heavy atom. The van der Waals surface area contributed by atoms with Gasteiger partial charge in [-0.3, -0.25) is 18.7 Å². The van der Waals surface area contributed by atoms with E-state index >= 15 is 0 Å². The first-order valence-electron chi connectivity index (χ1n) is 9.56. The van der Waals surface area contributed by atoms with Gasteiger partial charge >= 0.3 is 11.4 Å². The highest BCUT2D eigenvalue weighted by Crippen LogP contribution is 2.38. The number of aryl methyl sites for hydroxylation is 2. The summed E-state index contributed by atoms with van der Waals surface area (Å²) in [6, 6.07) is 11.0. The van der Waals surface area contributed by atoms with Crippen LogP contribution in [0.25, 0.3) is 21.8 Å². The number of halogens is 1. The summed E-state index contributed by atoms with van der Waals surface area (Å²) in [5, 5.41) is 1.15. The number of imidazole rings is 1. The summed E-state index contributed by atoms with van der Waals surface area (Å²) in [4.78, 5) is 57.3. The van der Waals surface area contributed by atoms with Crippen LogP contribution in [-0.4, -0.2) is 33.0 Å². The first-order valence-corrected chi connectivity index (χ1v) is 9.94. The predicted octanol–water partition coefficient (Wildman–Crippen LogP) is 3.46. The third-order valence-corrected chi connectivity index (χ3v) is 6.09. The highest BCUT2D eigenvalue weighted by atomic mass is 35.5. The fourth-order valence-electron chi connectivity index (χ4n) is 4.20. The highest BCUT2D eigenvalue weighted by Gasteiger charge is 2.37. The zero-order valence-electron chi connectivity index (χ0n) is 17.2. The Morgan fingerprint density at radius 2 is 1.56 bits per heavy atom. The molecule has 1 aromatic heterocycles. The van der Waals surface area contributed by atoms with Crippen LogP contribution in [0.1, 0.15) is 20.7 Å². The molecule has 10 heteroatoms. The van der Waals surface area contributed by atoms with E-state index in [1.54, 1.807) is 50.5 Å². The van der Waals surface area contributed by atoms with Crippen LogP contribution in [0.5, 0.6) is 0 Å². The van der Waals surface area contributed by atoms with E-state index < -0.39 is 11.8 Å². The molecule has 160 valence electrons. The van der Waals surface area contributed by atoms with Gasteiger partial charge in [-0.25, -0.2) is 14.5 Å². The molecule has 0 unspecified atom stereocenters. The fourth-order valence-corrected chi connectivity index (χ4v) is 4.44. The molecule has 5 rings (SSSR count). The Balaban J connectivity index is 1.79. The van der Waals surface area contributed by atoms with Crippen molar-refractivity contribution < 1.29 is 19.3 Å². The van der Waals surface area contributed by atoms with Crippen molar-refractivity contribution in [2.45, 2.75) is 0 Å². The van der Waals surface area contributed by atoms with E-state index in [0.29, 0.717) is 27.4 Å². The van der Waals surface area contributed by atoms with E-state index in [-0.39, 0.29) is 32.6 Å².